The number of thiophene rings is 1. The molecule has 0 spiro atoms. The molecule has 1 N–H and O–H groups in total. The number of nitrogens with zero attached hydrogens (tertiary/aromatic N) is 5. The highest BCUT2D eigenvalue weighted by Gasteiger charge is 2.16. The van der Waals surface area contributed by atoms with Gasteiger partial charge in [-0.1, -0.05) is 19.1 Å². The molecule has 0 aromatic carbocycles. The number of anilines is 1. The van der Waals surface area contributed by atoms with E-state index in [1.165, 1.54) is 4.88 Å². The second-order valence-corrected chi connectivity index (χ2v) is 8.40. The van der Waals surface area contributed by atoms with Crippen molar-refractivity contribution < 1.29 is 0 Å². The maximum absolute atomic E-state index is 4.82. The Labute approximate surface area is 202 Å². The van der Waals surface area contributed by atoms with Crippen LogP contribution in [0, 0.1) is 0 Å². The summed E-state index contributed by atoms with van der Waals surface area (Å²) >= 11 is 1.81. The van der Waals surface area contributed by atoms with Gasteiger partial charge < -0.3 is 20.0 Å². The molecule has 0 amide bonds. The number of aromatic nitrogens is 1. The number of hydrogen-bond donors (Lipinski definition) is 1. The van der Waals surface area contributed by atoms with Gasteiger partial charge in [-0.15, -0.1) is 35.3 Å². The topological polar surface area (TPSA) is 47.0 Å². The Morgan fingerprint density at radius 1 is 1.20 bits per heavy atom. The van der Waals surface area contributed by atoms with E-state index in [0.29, 0.717) is 6.54 Å². The van der Waals surface area contributed by atoms with Crippen molar-refractivity contribution in [2.75, 3.05) is 57.8 Å². The first-order valence-corrected chi connectivity index (χ1v) is 11.5. The average molecular weight is 543 g/mol. The third-order valence-corrected chi connectivity index (χ3v) is 6.27. The Hall–Kier alpha value is -1.39. The lowest BCUT2D eigenvalue weighted by atomic mass is 10.2. The number of guanidine groups is 1. The highest BCUT2D eigenvalue weighted by molar-refractivity contribution is 14.0. The Morgan fingerprint density at radius 2 is 2.00 bits per heavy atom. The molecule has 1 fully saturated rings. The zero-order chi connectivity index (χ0) is 20.5. The van der Waals surface area contributed by atoms with Gasteiger partial charge in [0.25, 0.3) is 0 Å². The van der Waals surface area contributed by atoms with Crippen LogP contribution in [0.5, 0.6) is 0 Å². The predicted molar refractivity (Wildman–Crippen MR) is 139 cm³/mol. The van der Waals surface area contributed by atoms with E-state index >= 15 is 0 Å². The van der Waals surface area contributed by atoms with Crippen LogP contribution in [0.4, 0.5) is 5.82 Å². The Kier molecular flexibility index (Phi) is 10.9. The quantitative estimate of drug-likeness (QED) is 0.314. The Balaban J connectivity index is 0.00000320. The normalized spacial score (nSPS) is 15.0. The summed E-state index contributed by atoms with van der Waals surface area (Å²) in [6, 6.07) is 8.60. The number of hydrogen-bond acceptors (Lipinski definition) is 5. The van der Waals surface area contributed by atoms with E-state index in [4.69, 9.17) is 9.98 Å². The molecule has 1 aliphatic rings. The minimum atomic E-state index is 0. The van der Waals surface area contributed by atoms with Crippen LogP contribution in [0.15, 0.2) is 40.8 Å². The first-order chi connectivity index (χ1) is 14.2. The standard InChI is InChI=1S/C22H34N6S.HI/c1-4-23-22(26(3)11-10-20-7-6-16-29-20)25-18-19-8-9-21(24-17-19)28-14-12-27(5-2)13-15-28;/h6-9,16-17H,4-5,10-15,18H2,1-3H3,(H,23,25);1H. The van der Waals surface area contributed by atoms with Crippen LogP contribution in [-0.2, 0) is 13.0 Å². The van der Waals surface area contributed by atoms with E-state index in [2.05, 4.69) is 70.6 Å². The van der Waals surface area contributed by atoms with Gasteiger partial charge in [-0.05, 0) is 43.0 Å². The van der Waals surface area contributed by atoms with Gasteiger partial charge in [0, 0.05) is 57.4 Å². The number of aliphatic imine (C=N–C) groups is 1. The van der Waals surface area contributed by atoms with Crippen molar-refractivity contribution in [2.45, 2.75) is 26.8 Å². The smallest absolute Gasteiger partial charge is 0.193 e. The van der Waals surface area contributed by atoms with Crippen LogP contribution in [0.1, 0.15) is 24.3 Å². The summed E-state index contributed by atoms with van der Waals surface area (Å²) in [6.07, 6.45) is 3.01. The number of pyridine rings is 1. The molecule has 8 heteroatoms. The van der Waals surface area contributed by atoms with Crippen molar-refractivity contribution in [1.82, 2.24) is 20.1 Å². The summed E-state index contributed by atoms with van der Waals surface area (Å²) in [4.78, 5) is 18.0. The van der Waals surface area contributed by atoms with Crippen molar-refractivity contribution in [3.8, 4) is 0 Å². The number of rotatable bonds is 8. The van der Waals surface area contributed by atoms with Crippen molar-refractivity contribution in [3.05, 3.63) is 46.3 Å². The lowest BCUT2D eigenvalue weighted by Crippen LogP contribution is -2.46. The summed E-state index contributed by atoms with van der Waals surface area (Å²) < 4.78 is 0. The largest absolute Gasteiger partial charge is 0.357 e. The third-order valence-electron chi connectivity index (χ3n) is 5.33. The minimum absolute atomic E-state index is 0. The number of piperazine rings is 1. The van der Waals surface area contributed by atoms with Gasteiger partial charge >= 0.3 is 0 Å². The molecule has 0 bridgehead atoms. The van der Waals surface area contributed by atoms with Crippen molar-refractivity contribution >= 4 is 47.1 Å². The van der Waals surface area contributed by atoms with Crippen LogP contribution >= 0.6 is 35.3 Å². The molecule has 0 atom stereocenters. The molecule has 0 radical (unpaired) electrons. The maximum atomic E-state index is 4.82. The van der Waals surface area contributed by atoms with Crippen molar-refractivity contribution in [1.29, 1.82) is 0 Å². The van der Waals surface area contributed by atoms with Gasteiger partial charge in [0.15, 0.2) is 5.96 Å². The zero-order valence-electron chi connectivity index (χ0n) is 18.4. The van der Waals surface area contributed by atoms with Gasteiger partial charge in [0.1, 0.15) is 5.82 Å². The van der Waals surface area contributed by atoms with Crippen LogP contribution in [0.3, 0.4) is 0 Å². The fraction of sp³-hybridized carbons (Fsp3) is 0.545. The average Bonchev–Trinajstić information content (AvgIpc) is 3.29. The molecule has 0 unspecified atom stereocenters. The van der Waals surface area contributed by atoms with Crippen LogP contribution in [-0.4, -0.2) is 73.6 Å². The van der Waals surface area contributed by atoms with E-state index in [9.17, 15) is 0 Å². The second kappa shape index (κ2) is 13.1. The number of likely N-dealkylation sites (N-methyl/N-ethyl adjacent to an activating group) is 2. The van der Waals surface area contributed by atoms with Crippen molar-refractivity contribution in [3.63, 3.8) is 0 Å². The van der Waals surface area contributed by atoms with Crippen molar-refractivity contribution in [2.24, 2.45) is 4.99 Å². The van der Waals surface area contributed by atoms with E-state index < -0.39 is 0 Å². The molecule has 30 heavy (non-hydrogen) atoms. The molecule has 2 aromatic heterocycles. The maximum Gasteiger partial charge on any atom is 0.193 e. The molecular weight excluding hydrogens is 507 g/mol. The SMILES string of the molecule is CCNC(=NCc1ccc(N2CCN(CC)CC2)nc1)N(C)CCc1cccs1.I. The first kappa shape index (κ1) is 24.9. The highest BCUT2D eigenvalue weighted by Crippen LogP contribution is 2.15. The van der Waals surface area contributed by atoms with E-state index in [0.717, 1.165) is 69.6 Å². The molecule has 2 aromatic rings. The molecule has 0 aliphatic carbocycles. The summed E-state index contributed by atoms with van der Waals surface area (Å²) in [5.41, 5.74) is 1.14. The molecule has 3 rings (SSSR count). The molecule has 1 aliphatic heterocycles. The number of nitrogens with one attached hydrogen (secondary N) is 1. The van der Waals surface area contributed by atoms with Crippen LogP contribution < -0.4 is 10.2 Å². The van der Waals surface area contributed by atoms with Gasteiger partial charge in [-0.2, -0.15) is 0 Å². The summed E-state index contributed by atoms with van der Waals surface area (Å²) in [7, 11) is 2.10. The number of halogens is 1. The summed E-state index contributed by atoms with van der Waals surface area (Å²) in [5.74, 6) is 2.03. The monoisotopic (exact) mass is 542 g/mol. The van der Waals surface area contributed by atoms with Gasteiger partial charge in [0.2, 0.25) is 0 Å². The Bertz CT molecular complexity index is 741. The lowest BCUT2D eigenvalue weighted by Gasteiger charge is -2.34. The molecule has 0 saturated carbocycles. The molecule has 6 nitrogen and oxygen atoms in total. The first-order valence-electron chi connectivity index (χ1n) is 10.6. The third kappa shape index (κ3) is 7.39. The van der Waals surface area contributed by atoms with Crippen LogP contribution in [0.2, 0.25) is 0 Å². The van der Waals surface area contributed by atoms with Gasteiger partial charge in [-0.25, -0.2) is 9.98 Å². The highest BCUT2D eigenvalue weighted by atomic mass is 127. The molecule has 1 saturated heterocycles. The molecular formula is C22H35IN6S. The van der Waals surface area contributed by atoms with Crippen LogP contribution in [0.25, 0.3) is 0 Å². The molecule has 166 valence electrons. The summed E-state index contributed by atoms with van der Waals surface area (Å²) in [6.45, 7) is 12.3. The van der Waals surface area contributed by atoms with Gasteiger partial charge in [-0.3, -0.25) is 0 Å². The lowest BCUT2D eigenvalue weighted by molar-refractivity contribution is 0.270. The van der Waals surface area contributed by atoms with E-state index in [1.54, 1.807) is 0 Å². The fourth-order valence-electron chi connectivity index (χ4n) is 3.46. The molecule has 3 heterocycles. The predicted octanol–water partition coefficient (Wildman–Crippen LogP) is 3.54. The zero-order valence-corrected chi connectivity index (χ0v) is 21.5. The fourth-order valence-corrected chi connectivity index (χ4v) is 4.16. The summed E-state index contributed by atoms with van der Waals surface area (Å²) in [5, 5.41) is 5.54. The van der Waals surface area contributed by atoms with E-state index in [-0.39, 0.29) is 24.0 Å². The van der Waals surface area contributed by atoms with Gasteiger partial charge in [0.05, 0.1) is 6.54 Å². The minimum Gasteiger partial charge on any atom is -0.357 e. The second-order valence-electron chi connectivity index (χ2n) is 7.37. The Morgan fingerprint density at radius 3 is 2.60 bits per heavy atom. The van der Waals surface area contributed by atoms with E-state index in [1.807, 2.05) is 17.5 Å².